The predicted octanol–water partition coefficient (Wildman–Crippen LogP) is 6.52. The van der Waals surface area contributed by atoms with Crippen LogP contribution in [-0.2, 0) is 13.4 Å². The predicted molar refractivity (Wildman–Crippen MR) is 136 cm³/mol. The zero-order valence-electron chi connectivity index (χ0n) is 21.0. The summed E-state index contributed by atoms with van der Waals surface area (Å²) in [6.45, 7) is 6.68. The summed E-state index contributed by atoms with van der Waals surface area (Å²) >= 11 is 0. The SMILES string of the molecule is [2H]C1([2H])C[Si](C)(C)c2cccc(-c3cccc4c3oc3c(-c5cccc[n+]5C)c(C)ccc34)c21. The molecule has 0 saturated carbocycles. The maximum Gasteiger partial charge on any atom is 0.216 e. The molecule has 0 saturated heterocycles. The molecule has 0 aliphatic carbocycles. The summed E-state index contributed by atoms with van der Waals surface area (Å²) < 4.78 is 26.6. The number of hydrogen-bond acceptors (Lipinski definition) is 1. The fraction of sp³-hybridized carbons (Fsp3) is 0.207. The Balaban J connectivity index is 1.69. The number of rotatable bonds is 2. The lowest BCUT2D eigenvalue weighted by Gasteiger charge is -2.17. The van der Waals surface area contributed by atoms with Crippen LogP contribution >= 0.6 is 0 Å². The van der Waals surface area contributed by atoms with Crippen molar-refractivity contribution in [2.45, 2.75) is 32.4 Å². The second-order valence-corrected chi connectivity index (χ2v) is 14.2. The van der Waals surface area contributed by atoms with Gasteiger partial charge in [0, 0.05) is 31.2 Å². The van der Waals surface area contributed by atoms with E-state index >= 15 is 0 Å². The van der Waals surface area contributed by atoms with Crippen molar-refractivity contribution in [2.75, 3.05) is 0 Å². The third kappa shape index (κ3) is 2.74. The third-order valence-corrected chi connectivity index (χ3v) is 9.91. The minimum Gasteiger partial charge on any atom is -0.454 e. The Morgan fingerprint density at radius 3 is 2.50 bits per heavy atom. The van der Waals surface area contributed by atoms with Gasteiger partial charge in [0.2, 0.25) is 5.69 Å². The molecule has 0 amide bonds. The molecule has 0 atom stereocenters. The minimum atomic E-state index is -1.83. The standard InChI is InChI=1S/C29H28NOSi/c1-19-14-15-24-23-11-7-10-22(20-9-8-13-26-21(20)16-18-32(26,3)4)28(23)31-29(24)27(19)25-12-5-6-17-30(25)2/h5-15,17H,16,18H2,1-4H3/q+1/i16D2. The van der Waals surface area contributed by atoms with Gasteiger partial charge in [-0.25, -0.2) is 4.57 Å². The highest BCUT2D eigenvalue weighted by Gasteiger charge is 2.33. The number of furan rings is 1. The van der Waals surface area contributed by atoms with Gasteiger partial charge in [0.15, 0.2) is 6.20 Å². The van der Waals surface area contributed by atoms with Gasteiger partial charge in [-0.15, -0.1) is 0 Å². The molecule has 0 fully saturated rings. The summed E-state index contributed by atoms with van der Waals surface area (Å²) in [5.41, 5.74) is 7.90. The highest BCUT2D eigenvalue weighted by atomic mass is 28.3. The fourth-order valence-corrected chi connectivity index (χ4v) is 7.47. The summed E-state index contributed by atoms with van der Waals surface area (Å²) in [7, 11) is 0.223. The molecule has 3 heteroatoms. The Kier molecular flexibility index (Phi) is 3.76. The van der Waals surface area contributed by atoms with E-state index in [0.717, 1.165) is 49.9 Å². The van der Waals surface area contributed by atoms with Gasteiger partial charge in [-0.2, -0.15) is 0 Å². The Hall–Kier alpha value is -3.17. The lowest BCUT2D eigenvalue weighted by molar-refractivity contribution is -0.660. The van der Waals surface area contributed by atoms with Gasteiger partial charge in [0.1, 0.15) is 18.2 Å². The fourth-order valence-electron chi connectivity index (χ4n) is 5.21. The molecule has 5 aromatic rings. The first kappa shape index (κ1) is 17.4. The van der Waals surface area contributed by atoms with E-state index in [1.165, 1.54) is 10.8 Å². The number of benzene rings is 3. The normalized spacial score (nSPS) is 17.4. The molecule has 1 aliphatic rings. The molecule has 158 valence electrons. The molecular weight excluding hydrogens is 406 g/mol. The number of aryl methyl sites for hydroxylation is 2. The summed E-state index contributed by atoms with van der Waals surface area (Å²) in [5.74, 6) is 0. The maximum atomic E-state index is 8.90. The number of aromatic nitrogens is 1. The number of fused-ring (bicyclic) bond motifs is 4. The van der Waals surface area contributed by atoms with Crippen molar-refractivity contribution in [2.24, 2.45) is 7.05 Å². The maximum absolute atomic E-state index is 8.90. The van der Waals surface area contributed by atoms with E-state index in [1.807, 2.05) is 6.07 Å². The second-order valence-electron chi connectivity index (χ2n) is 9.58. The van der Waals surface area contributed by atoms with E-state index in [2.05, 4.69) is 98.5 Å². The average molecular weight is 437 g/mol. The van der Waals surface area contributed by atoms with E-state index in [4.69, 9.17) is 7.16 Å². The van der Waals surface area contributed by atoms with Crippen LogP contribution in [0.15, 0.2) is 77.3 Å². The molecule has 32 heavy (non-hydrogen) atoms. The van der Waals surface area contributed by atoms with Crippen LogP contribution in [0, 0.1) is 6.92 Å². The van der Waals surface area contributed by atoms with Crippen LogP contribution in [0.25, 0.3) is 44.3 Å². The zero-order chi connectivity index (χ0) is 23.8. The summed E-state index contributed by atoms with van der Waals surface area (Å²) in [6, 6.07) is 23.7. The molecule has 3 aromatic carbocycles. The van der Waals surface area contributed by atoms with Crippen molar-refractivity contribution >= 4 is 35.2 Å². The summed E-state index contributed by atoms with van der Waals surface area (Å²) in [5, 5.41) is 3.39. The smallest absolute Gasteiger partial charge is 0.216 e. The molecule has 0 spiro atoms. The van der Waals surface area contributed by atoms with Crippen LogP contribution in [0.5, 0.6) is 0 Å². The molecule has 0 bridgehead atoms. The molecular formula is C29H28NOSi+. The zero-order valence-corrected chi connectivity index (χ0v) is 20.0. The molecule has 3 heterocycles. The van der Waals surface area contributed by atoms with Crippen LogP contribution < -0.4 is 9.75 Å². The van der Waals surface area contributed by atoms with E-state index in [-0.39, 0.29) is 0 Å². The quantitative estimate of drug-likeness (QED) is 0.227. The van der Waals surface area contributed by atoms with Crippen LogP contribution in [0.3, 0.4) is 0 Å². The van der Waals surface area contributed by atoms with E-state index in [0.29, 0.717) is 6.04 Å². The van der Waals surface area contributed by atoms with Crippen molar-refractivity contribution in [3.8, 4) is 22.4 Å². The first-order valence-electron chi connectivity index (χ1n) is 12.2. The van der Waals surface area contributed by atoms with Gasteiger partial charge in [-0.1, -0.05) is 66.8 Å². The van der Waals surface area contributed by atoms with Crippen LogP contribution in [0.1, 0.15) is 13.9 Å². The van der Waals surface area contributed by atoms with Gasteiger partial charge < -0.3 is 4.42 Å². The van der Waals surface area contributed by atoms with Crippen LogP contribution in [0.2, 0.25) is 19.1 Å². The molecule has 0 N–H and O–H groups in total. The second kappa shape index (κ2) is 6.91. The topological polar surface area (TPSA) is 17.0 Å². The number of pyridine rings is 1. The first-order valence-corrected chi connectivity index (χ1v) is 14.4. The lowest BCUT2D eigenvalue weighted by Crippen LogP contribution is -2.37. The number of para-hydroxylation sites is 1. The van der Waals surface area contributed by atoms with Crippen molar-refractivity contribution in [3.05, 3.63) is 84.1 Å². The highest BCUT2D eigenvalue weighted by Crippen LogP contribution is 2.42. The van der Waals surface area contributed by atoms with Gasteiger partial charge in [-0.05, 0) is 42.1 Å². The van der Waals surface area contributed by atoms with Crippen molar-refractivity contribution in [3.63, 3.8) is 0 Å². The largest absolute Gasteiger partial charge is 0.454 e. The van der Waals surface area contributed by atoms with E-state index in [9.17, 15) is 0 Å². The van der Waals surface area contributed by atoms with Crippen LogP contribution in [0.4, 0.5) is 0 Å². The van der Waals surface area contributed by atoms with Crippen molar-refractivity contribution in [1.82, 2.24) is 0 Å². The number of hydrogen-bond donors (Lipinski definition) is 0. The molecule has 0 radical (unpaired) electrons. The summed E-state index contributed by atoms with van der Waals surface area (Å²) in [6.07, 6.45) is 0.734. The highest BCUT2D eigenvalue weighted by molar-refractivity contribution is 6.91. The van der Waals surface area contributed by atoms with Crippen molar-refractivity contribution < 1.29 is 11.7 Å². The minimum absolute atomic E-state index is 0.621. The molecule has 0 unspecified atom stereocenters. The van der Waals surface area contributed by atoms with Crippen molar-refractivity contribution in [1.29, 1.82) is 0 Å². The van der Waals surface area contributed by atoms with Gasteiger partial charge in [-0.3, -0.25) is 0 Å². The Morgan fingerprint density at radius 1 is 0.875 bits per heavy atom. The van der Waals surface area contributed by atoms with Gasteiger partial charge in [0.25, 0.3) is 0 Å². The van der Waals surface area contributed by atoms with E-state index < -0.39 is 14.4 Å². The van der Waals surface area contributed by atoms with E-state index in [1.54, 1.807) is 0 Å². The summed E-state index contributed by atoms with van der Waals surface area (Å²) in [4.78, 5) is 0. The Morgan fingerprint density at radius 2 is 1.66 bits per heavy atom. The van der Waals surface area contributed by atoms with Gasteiger partial charge in [0.05, 0.1) is 13.6 Å². The van der Waals surface area contributed by atoms with Gasteiger partial charge >= 0.3 is 0 Å². The third-order valence-electron chi connectivity index (χ3n) is 6.98. The molecule has 1 aliphatic heterocycles. The molecule has 2 nitrogen and oxygen atoms in total. The molecule has 2 aromatic heterocycles. The Bertz CT molecular complexity index is 1620. The first-order chi connectivity index (χ1) is 16.2. The monoisotopic (exact) mass is 436 g/mol. The lowest BCUT2D eigenvalue weighted by atomic mass is 9.96. The number of nitrogens with zero attached hydrogens (tertiary/aromatic N) is 1. The Labute approximate surface area is 193 Å². The van der Waals surface area contributed by atoms with Crippen LogP contribution in [-0.4, -0.2) is 8.07 Å². The average Bonchev–Trinajstić information content (AvgIpc) is 3.26. The molecule has 6 rings (SSSR count).